The molecule has 0 spiro atoms. The molecule has 0 saturated heterocycles. The number of aliphatic carboxylic acids is 1. The molecule has 0 aromatic rings. The van der Waals surface area contributed by atoms with E-state index in [1.165, 1.54) is 0 Å². The molecule has 0 heterocycles. The minimum absolute atomic E-state index is 0.214. The third-order valence-corrected chi connectivity index (χ3v) is 1.84. The van der Waals surface area contributed by atoms with Crippen molar-refractivity contribution in [1.29, 1.82) is 0 Å². The van der Waals surface area contributed by atoms with E-state index in [1.54, 1.807) is 0 Å². The Bertz CT molecular complexity index is 175. The van der Waals surface area contributed by atoms with Crippen molar-refractivity contribution < 1.29 is 14.6 Å². The van der Waals surface area contributed by atoms with E-state index in [4.69, 9.17) is 9.84 Å². The van der Waals surface area contributed by atoms with Crippen molar-refractivity contribution in [3.8, 4) is 0 Å². The fourth-order valence-electron chi connectivity index (χ4n) is 1.08. The Hall–Kier alpha value is -0.830. The van der Waals surface area contributed by atoms with Gasteiger partial charge in [-0.05, 0) is 33.1 Å². The van der Waals surface area contributed by atoms with Gasteiger partial charge in [0.25, 0.3) is 0 Å². The summed E-state index contributed by atoms with van der Waals surface area (Å²) < 4.78 is 5.31. The fraction of sp³-hybridized carbons (Fsp3) is 0.700. The highest BCUT2D eigenvalue weighted by Crippen LogP contribution is 2.09. The maximum Gasteiger partial charge on any atom is 0.330 e. The molecule has 0 aliphatic carbocycles. The third-order valence-electron chi connectivity index (χ3n) is 1.84. The minimum atomic E-state index is -0.899. The van der Waals surface area contributed by atoms with Crippen LogP contribution in [0.5, 0.6) is 0 Å². The summed E-state index contributed by atoms with van der Waals surface area (Å²) in [6, 6.07) is 0. The minimum Gasteiger partial charge on any atom is -0.478 e. The molecular weight excluding hydrogens is 168 g/mol. The summed E-state index contributed by atoms with van der Waals surface area (Å²) in [5, 5.41) is 8.52. The van der Waals surface area contributed by atoms with Crippen LogP contribution < -0.4 is 0 Å². The van der Waals surface area contributed by atoms with E-state index in [1.807, 2.05) is 13.8 Å². The second-order valence-corrected chi connectivity index (χ2v) is 3.07. The quantitative estimate of drug-likeness (QED) is 0.620. The lowest BCUT2D eigenvalue weighted by atomic mass is 10.1. The van der Waals surface area contributed by atoms with Gasteiger partial charge in [-0.15, -0.1) is 0 Å². The Labute approximate surface area is 79.4 Å². The van der Waals surface area contributed by atoms with Crippen LogP contribution in [0, 0.1) is 0 Å². The first kappa shape index (κ1) is 12.2. The van der Waals surface area contributed by atoms with Crippen molar-refractivity contribution in [2.75, 3.05) is 6.61 Å². The molecule has 0 aromatic carbocycles. The van der Waals surface area contributed by atoms with Crippen LogP contribution in [-0.2, 0) is 9.53 Å². The number of hydrogen-bond acceptors (Lipinski definition) is 2. The Morgan fingerprint density at radius 3 is 2.69 bits per heavy atom. The lowest BCUT2D eigenvalue weighted by Gasteiger charge is -2.10. The first-order chi connectivity index (χ1) is 6.07. The molecule has 1 atom stereocenters. The van der Waals surface area contributed by atoms with E-state index < -0.39 is 5.97 Å². The number of ether oxygens (including phenoxy) is 1. The SMILES string of the molecule is C=C(CCCC(C)OCC)C(=O)O. The highest BCUT2D eigenvalue weighted by Gasteiger charge is 2.05. The van der Waals surface area contributed by atoms with Crippen LogP contribution in [0.15, 0.2) is 12.2 Å². The summed E-state index contributed by atoms with van der Waals surface area (Å²) in [6.45, 7) is 8.11. The van der Waals surface area contributed by atoms with Gasteiger partial charge in [0, 0.05) is 12.2 Å². The van der Waals surface area contributed by atoms with Gasteiger partial charge in [-0.25, -0.2) is 4.79 Å². The van der Waals surface area contributed by atoms with Gasteiger partial charge in [0.15, 0.2) is 0 Å². The molecule has 0 saturated carbocycles. The van der Waals surface area contributed by atoms with Crippen molar-refractivity contribution >= 4 is 5.97 Å². The molecule has 0 amide bonds. The van der Waals surface area contributed by atoms with Gasteiger partial charge < -0.3 is 9.84 Å². The second kappa shape index (κ2) is 6.66. The molecule has 76 valence electrons. The molecule has 1 unspecified atom stereocenters. The zero-order valence-electron chi connectivity index (χ0n) is 8.38. The average molecular weight is 186 g/mol. The molecule has 3 heteroatoms. The van der Waals surface area contributed by atoms with Crippen LogP contribution in [0.1, 0.15) is 33.1 Å². The highest BCUT2D eigenvalue weighted by atomic mass is 16.5. The molecule has 3 nitrogen and oxygen atoms in total. The molecule has 1 N–H and O–H groups in total. The fourth-order valence-corrected chi connectivity index (χ4v) is 1.08. The Balaban J connectivity index is 3.44. The molecular formula is C10H18O3. The van der Waals surface area contributed by atoms with Gasteiger partial charge >= 0.3 is 5.97 Å². The number of carboxylic acid groups (broad SMARTS) is 1. The zero-order valence-corrected chi connectivity index (χ0v) is 8.38. The van der Waals surface area contributed by atoms with Crippen LogP contribution >= 0.6 is 0 Å². The normalized spacial score (nSPS) is 12.5. The predicted octanol–water partition coefficient (Wildman–Crippen LogP) is 2.22. The summed E-state index contributed by atoms with van der Waals surface area (Å²) >= 11 is 0. The molecule has 0 aliphatic heterocycles. The highest BCUT2D eigenvalue weighted by molar-refractivity contribution is 5.85. The predicted molar refractivity (Wildman–Crippen MR) is 51.7 cm³/mol. The molecule has 0 fully saturated rings. The largest absolute Gasteiger partial charge is 0.478 e. The first-order valence-corrected chi connectivity index (χ1v) is 4.60. The Morgan fingerprint density at radius 2 is 2.23 bits per heavy atom. The number of rotatable bonds is 7. The van der Waals surface area contributed by atoms with Crippen LogP contribution in [0.2, 0.25) is 0 Å². The van der Waals surface area contributed by atoms with Crippen LogP contribution in [-0.4, -0.2) is 23.8 Å². The van der Waals surface area contributed by atoms with Gasteiger partial charge in [-0.2, -0.15) is 0 Å². The summed E-state index contributed by atoms with van der Waals surface area (Å²) in [5.41, 5.74) is 0.281. The van der Waals surface area contributed by atoms with E-state index >= 15 is 0 Å². The maximum atomic E-state index is 10.4. The van der Waals surface area contributed by atoms with Crippen molar-refractivity contribution in [2.45, 2.75) is 39.2 Å². The molecule has 0 aromatic heterocycles. The summed E-state index contributed by atoms with van der Waals surface area (Å²) in [5.74, 6) is -0.899. The lowest BCUT2D eigenvalue weighted by Crippen LogP contribution is -2.08. The Morgan fingerprint density at radius 1 is 1.62 bits per heavy atom. The lowest BCUT2D eigenvalue weighted by molar-refractivity contribution is -0.132. The maximum absolute atomic E-state index is 10.4. The molecule has 13 heavy (non-hydrogen) atoms. The van der Waals surface area contributed by atoms with Gasteiger partial charge in [-0.3, -0.25) is 0 Å². The van der Waals surface area contributed by atoms with Crippen molar-refractivity contribution in [2.24, 2.45) is 0 Å². The van der Waals surface area contributed by atoms with Crippen molar-refractivity contribution in [3.05, 3.63) is 12.2 Å². The summed E-state index contributed by atoms with van der Waals surface area (Å²) in [6.07, 6.45) is 2.48. The summed E-state index contributed by atoms with van der Waals surface area (Å²) in [7, 11) is 0. The monoisotopic (exact) mass is 186 g/mol. The number of carbonyl (C=O) groups is 1. The van der Waals surface area contributed by atoms with Crippen molar-refractivity contribution in [3.63, 3.8) is 0 Å². The van der Waals surface area contributed by atoms with E-state index in [0.29, 0.717) is 13.0 Å². The van der Waals surface area contributed by atoms with Crippen LogP contribution in [0.3, 0.4) is 0 Å². The number of hydrogen-bond donors (Lipinski definition) is 1. The average Bonchev–Trinajstić information content (AvgIpc) is 2.04. The molecule has 0 bridgehead atoms. The van der Waals surface area contributed by atoms with Crippen molar-refractivity contribution in [1.82, 2.24) is 0 Å². The van der Waals surface area contributed by atoms with Crippen LogP contribution in [0.25, 0.3) is 0 Å². The smallest absolute Gasteiger partial charge is 0.330 e. The first-order valence-electron chi connectivity index (χ1n) is 4.60. The molecule has 0 rings (SSSR count). The van der Waals surface area contributed by atoms with E-state index in [9.17, 15) is 4.79 Å². The van der Waals surface area contributed by atoms with E-state index in [2.05, 4.69) is 6.58 Å². The van der Waals surface area contributed by atoms with E-state index in [0.717, 1.165) is 12.8 Å². The zero-order chi connectivity index (χ0) is 10.3. The van der Waals surface area contributed by atoms with Crippen LogP contribution in [0.4, 0.5) is 0 Å². The summed E-state index contributed by atoms with van der Waals surface area (Å²) in [4.78, 5) is 10.4. The topological polar surface area (TPSA) is 46.5 Å². The molecule has 0 radical (unpaired) electrons. The standard InChI is InChI=1S/C10H18O3/c1-4-13-9(3)7-5-6-8(2)10(11)12/h9H,2,4-7H2,1,3H3,(H,11,12). The second-order valence-electron chi connectivity index (χ2n) is 3.07. The van der Waals surface area contributed by atoms with E-state index in [-0.39, 0.29) is 11.7 Å². The van der Waals surface area contributed by atoms with Gasteiger partial charge in [-0.1, -0.05) is 6.58 Å². The Kier molecular flexibility index (Phi) is 6.24. The molecule has 0 aliphatic rings. The van der Waals surface area contributed by atoms with Gasteiger partial charge in [0.2, 0.25) is 0 Å². The third kappa shape index (κ3) is 6.34. The number of carboxylic acids is 1. The van der Waals surface area contributed by atoms with Gasteiger partial charge in [0.05, 0.1) is 6.10 Å². The van der Waals surface area contributed by atoms with Gasteiger partial charge in [0.1, 0.15) is 0 Å².